The summed E-state index contributed by atoms with van der Waals surface area (Å²) in [6.45, 7) is 1.24. The number of ether oxygens (including phenoxy) is 1. The van der Waals surface area contributed by atoms with Crippen molar-refractivity contribution < 1.29 is 9.53 Å². The highest BCUT2D eigenvalue weighted by Gasteiger charge is 2.19. The highest BCUT2D eigenvalue weighted by molar-refractivity contribution is 5.95. The maximum absolute atomic E-state index is 11.3. The molecular formula is C15H20N2O2. The van der Waals surface area contributed by atoms with Crippen LogP contribution in [0.4, 0.5) is 5.69 Å². The Morgan fingerprint density at radius 1 is 1.32 bits per heavy atom. The maximum Gasteiger partial charge on any atom is 0.262 e. The number of amides is 1. The summed E-state index contributed by atoms with van der Waals surface area (Å²) in [4.78, 5) is 11.3. The van der Waals surface area contributed by atoms with Gasteiger partial charge in [0.15, 0.2) is 6.61 Å². The van der Waals surface area contributed by atoms with Gasteiger partial charge in [-0.2, -0.15) is 0 Å². The van der Waals surface area contributed by atoms with E-state index >= 15 is 0 Å². The number of aryl methyl sites for hydroxylation is 1. The Hall–Kier alpha value is -1.55. The summed E-state index contributed by atoms with van der Waals surface area (Å²) in [5, 5.41) is 6.37. The highest BCUT2D eigenvalue weighted by Crippen LogP contribution is 2.28. The number of carbonyl (C=O) groups is 1. The third-order valence-corrected chi connectivity index (χ3v) is 3.58. The lowest BCUT2D eigenvalue weighted by molar-refractivity contribution is -0.118. The van der Waals surface area contributed by atoms with Crippen LogP contribution in [0, 0.1) is 0 Å². The van der Waals surface area contributed by atoms with Crippen molar-refractivity contribution in [2.45, 2.75) is 38.1 Å². The second-order valence-corrected chi connectivity index (χ2v) is 5.35. The van der Waals surface area contributed by atoms with Crippen LogP contribution < -0.4 is 15.4 Å². The van der Waals surface area contributed by atoms with Crippen molar-refractivity contribution in [1.82, 2.24) is 5.32 Å². The Morgan fingerprint density at radius 3 is 3.05 bits per heavy atom. The lowest BCUT2D eigenvalue weighted by Crippen LogP contribution is -2.25. The first kappa shape index (κ1) is 12.5. The van der Waals surface area contributed by atoms with E-state index in [1.54, 1.807) is 0 Å². The number of anilines is 1. The fraction of sp³-hybridized carbons (Fsp3) is 0.533. The second kappa shape index (κ2) is 5.61. The lowest BCUT2D eigenvalue weighted by atomic mass is 10.1. The molecule has 1 aliphatic carbocycles. The zero-order valence-corrected chi connectivity index (χ0v) is 11.1. The SMILES string of the molecule is O=C1COc2ccc(CCCCNC3CC3)cc2N1. The lowest BCUT2D eigenvalue weighted by Gasteiger charge is -2.18. The maximum atomic E-state index is 11.3. The standard InChI is InChI=1S/C15H20N2O2/c18-15-10-19-14-7-4-11(9-13(14)17-15)3-1-2-8-16-12-5-6-12/h4,7,9,12,16H,1-3,5-6,8,10H2,(H,17,18). The molecule has 0 unspecified atom stereocenters. The van der Waals surface area contributed by atoms with Crippen LogP contribution in [-0.4, -0.2) is 25.1 Å². The van der Waals surface area contributed by atoms with Crippen molar-refractivity contribution in [3.63, 3.8) is 0 Å². The molecule has 0 spiro atoms. The van der Waals surface area contributed by atoms with Crippen molar-refractivity contribution in [2.24, 2.45) is 0 Å². The van der Waals surface area contributed by atoms with Crippen LogP contribution >= 0.6 is 0 Å². The Bertz CT molecular complexity index is 469. The van der Waals surface area contributed by atoms with Gasteiger partial charge in [-0.25, -0.2) is 0 Å². The van der Waals surface area contributed by atoms with Crippen molar-refractivity contribution >= 4 is 11.6 Å². The van der Waals surface area contributed by atoms with Crippen LogP contribution in [0.3, 0.4) is 0 Å². The van der Waals surface area contributed by atoms with E-state index in [9.17, 15) is 4.79 Å². The smallest absolute Gasteiger partial charge is 0.262 e. The molecule has 3 rings (SSSR count). The number of rotatable bonds is 6. The predicted octanol–water partition coefficient (Wildman–Crippen LogP) is 2.09. The molecule has 0 radical (unpaired) electrons. The van der Waals surface area contributed by atoms with Gasteiger partial charge in [0.2, 0.25) is 0 Å². The summed E-state index contributed by atoms with van der Waals surface area (Å²) in [5.74, 6) is 0.706. The number of carbonyl (C=O) groups excluding carboxylic acids is 1. The quantitative estimate of drug-likeness (QED) is 0.770. The van der Waals surface area contributed by atoms with E-state index in [0.717, 1.165) is 30.4 Å². The average Bonchev–Trinajstić information content (AvgIpc) is 3.22. The average molecular weight is 260 g/mol. The Labute approximate surface area is 113 Å². The fourth-order valence-corrected chi connectivity index (χ4v) is 2.33. The molecule has 1 aromatic rings. The molecule has 1 amide bonds. The molecule has 1 saturated carbocycles. The van der Waals surface area contributed by atoms with Gasteiger partial charge in [0.1, 0.15) is 5.75 Å². The minimum Gasteiger partial charge on any atom is -0.482 e. The highest BCUT2D eigenvalue weighted by atomic mass is 16.5. The summed E-state index contributed by atoms with van der Waals surface area (Å²) >= 11 is 0. The van der Waals surface area contributed by atoms with E-state index in [0.29, 0.717) is 0 Å². The van der Waals surface area contributed by atoms with Crippen molar-refractivity contribution in [2.75, 3.05) is 18.5 Å². The van der Waals surface area contributed by atoms with Gasteiger partial charge in [-0.1, -0.05) is 6.07 Å². The minimum atomic E-state index is -0.0710. The van der Waals surface area contributed by atoms with E-state index in [4.69, 9.17) is 4.74 Å². The van der Waals surface area contributed by atoms with Crippen LogP contribution in [0.2, 0.25) is 0 Å². The zero-order chi connectivity index (χ0) is 13.1. The van der Waals surface area contributed by atoms with Crippen LogP contribution in [0.5, 0.6) is 5.75 Å². The molecule has 4 heteroatoms. The van der Waals surface area contributed by atoms with E-state index in [-0.39, 0.29) is 12.5 Å². The van der Waals surface area contributed by atoms with Crippen molar-refractivity contribution in [1.29, 1.82) is 0 Å². The van der Waals surface area contributed by atoms with Gasteiger partial charge in [0.05, 0.1) is 5.69 Å². The molecular weight excluding hydrogens is 240 g/mol. The molecule has 0 saturated heterocycles. The van der Waals surface area contributed by atoms with Crippen molar-refractivity contribution in [3.05, 3.63) is 23.8 Å². The Balaban J connectivity index is 1.47. The summed E-state index contributed by atoms with van der Waals surface area (Å²) in [5.41, 5.74) is 2.07. The molecule has 1 heterocycles. The first-order valence-electron chi connectivity index (χ1n) is 7.10. The van der Waals surface area contributed by atoms with Crippen molar-refractivity contribution in [3.8, 4) is 5.75 Å². The molecule has 2 aliphatic rings. The topological polar surface area (TPSA) is 50.4 Å². The van der Waals surface area contributed by atoms with E-state index < -0.39 is 0 Å². The predicted molar refractivity (Wildman–Crippen MR) is 74.5 cm³/mol. The van der Waals surface area contributed by atoms with E-state index in [1.165, 1.54) is 31.2 Å². The third-order valence-electron chi connectivity index (χ3n) is 3.58. The first-order valence-corrected chi connectivity index (χ1v) is 7.10. The molecule has 102 valence electrons. The number of fused-ring (bicyclic) bond motifs is 1. The molecule has 19 heavy (non-hydrogen) atoms. The van der Waals surface area contributed by atoms with Gasteiger partial charge in [0.25, 0.3) is 5.91 Å². The summed E-state index contributed by atoms with van der Waals surface area (Å²) in [6, 6.07) is 6.87. The van der Waals surface area contributed by atoms with Gasteiger partial charge in [-0.05, 0) is 56.3 Å². The number of nitrogens with one attached hydrogen (secondary N) is 2. The molecule has 4 nitrogen and oxygen atoms in total. The molecule has 1 aromatic carbocycles. The molecule has 2 N–H and O–H groups in total. The van der Waals surface area contributed by atoms with E-state index in [2.05, 4.69) is 16.7 Å². The number of benzene rings is 1. The van der Waals surface area contributed by atoms with Gasteiger partial charge in [-0.15, -0.1) is 0 Å². The van der Waals surface area contributed by atoms with Crippen LogP contribution in [0.25, 0.3) is 0 Å². The number of hydrogen-bond acceptors (Lipinski definition) is 3. The Kier molecular flexibility index (Phi) is 3.69. The van der Waals surface area contributed by atoms with Gasteiger partial charge in [0, 0.05) is 6.04 Å². The van der Waals surface area contributed by atoms with Gasteiger partial charge < -0.3 is 15.4 Å². The van der Waals surface area contributed by atoms with Crippen LogP contribution in [0.15, 0.2) is 18.2 Å². The zero-order valence-electron chi connectivity index (χ0n) is 11.1. The Morgan fingerprint density at radius 2 is 2.21 bits per heavy atom. The molecule has 0 bridgehead atoms. The number of unbranched alkanes of at least 4 members (excludes halogenated alkanes) is 1. The molecule has 1 aliphatic heterocycles. The summed E-state index contributed by atoms with van der Waals surface area (Å²) in [7, 11) is 0. The van der Waals surface area contributed by atoms with E-state index in [1.807, 2.05) is 12.1 Å². The second-order valence-electron chi connectivity index (χ2n) is 5.35. The fourth-order valence-electron chi connectivity index (χ4n) is 2.33. The minimum absolute atomic E-state index is 0.0710. The molecule has 0 aromatic heterocycles. The monoisotopic (exact) mass is 260 g/mol. The molecule has 0 atom stereocenters. The van der Waals surface area contributed by atoms with Gasteiger partial charge >= 0.3 is 0 Å². The van der Waals surface area contributed by atoms with Crippen LogP contribution in [-0.2, 0) is 11.2 Å². The summed E-state index contributed by atoms with van der Waals surface area (Å²) in [6.07, 6.45) is 6.13. The normalized spacial score (nSPS) is 17.6. The first-order chi connectivity index (χ1) is 9.31. The summed E-state index contributed by atoms with van der Waals surface area (Å²) < 4.78 is 5.34. The largest absolute Gasteiger partial charge is 0.482 e. The third kappa shape index (κ3) is 3.47. The van der Waals surface area contributed by atoms with Gasteiger partial charge in [-0.3, -0.25) is 4.79 Å². The van der Waals surface area contributed by atoms with Crippen LogP contribution in [0.1, 0.15) is 31.2 Å². The number of hydrogen-bond donors (Lipinski definition) is 2. The molecule has 1 fully saturated rings.